The van der Waals surface area contributed by atoms with Crippen molar-refractivity contribution < 1.29 is 0 Å². The van der Waals surface area contributed by atoms with E-state index in [0.717, 1.165) is 72.9 Å². The summed E-state index contributed by atoms with van der Waals surface area (Å²) >= 11 is 0. The summed E-state index contributed by atoms with van der Waals surface area (Å²) < 4.78 is 0. The Balaban J connectivity index is 1.24. The van der Waals surface area contributed by atoms with Crippen LogP contribution in [0, 0.1) is 0 Å². The molecular formula is C50H35N3. The molecule has 9 rings (SSSR count). The number of aromatic nitrogens is 2. The van der Waals surface area contributed by atoms with Crippen LogP contribution in [-0.4, -0.2) is 9.97 Å². The number of para-hydroxylation sites is 2. The third kappa shape index (κ3) is 6.37. The van der Waals surface area contributed by atoms with Crippen LogP contribution in [0.3, 0.4) is 0 Å². The second-order valence-electron chi connectivity index (χ2n) is 13.0. The van der Waals surface area contributed by atoms with Crippen LogP contribution >= 0.6 is 0 Å². The van der Waals surface area contributed by atoms with Gasteiger partial charge in [0, 0.05) is 28.2 Å². The first-order chi connectivity index (χ1) is 26.3. The fourth-order valence-electron chi connectivity index (χ4n) is 7.14. The molecule has 1 aromatic heterocycles. The predicted octanol–water partition coefficient (Wildman–Crippen LogP) is 13.4. The Bertz CT molecular complexity index is 2580. The molecule has 0 radical (unpaired) electrons. The van der Waals surface area contributed by atoms with E-state index in [1.54, 1.807) is 0 Å². The molecule has 0 aliphatic heterocycles. The van der Waals surface area contributed by atoms with Gasteiger partial charge in [-0.15, -0.1) is 0 Å². The highest BCUT2D eigenvalue weighted by molar-refractivity contribution is 5.99. The van der Waals surface area contributed by atoms with Crippen LogP contribution in [0.5, 0.6) is 0 Å². The van der Waals surface area contributed by atoms with Crippen LogP contribution in [0.25, 0.3) is 66.9 Å². The van der Waals surface area contributed by atoms with Crippen molar-refractivity contribution in [3.63, 3.8) is 0 Å². The molecule has 0 aliphatic carbocycles. The second-order valence-corrected chi connectivity index (χ2v) is 13.0. The van der Waals surface area contributed by atoms with Crippen molar-refractivity contribution in [1.82, 2.24) is 9.97 Å². The van der Waals surface area contributed by atoms with Crippen molar-refractivity contribution in [2.24, 2.45) is 0 Å². The van der Waals surface area contributed by atoms with Gasteiger partial charge < -0.3 is 4.90 Å². The third-order valence-electron chi connectivity index (χ3n) is 9.67. The fraction of sp³-hybridized carbons (Fsp3) is 0. The van der Waals surface area contributed by atoms with E-state index in [9.17, 15) is 0 Å². The molecule has 3 nitrogen and oxygen atoms in total. The molecule has 0 saturated carbocycles. The Morgan fingerprint density at radius 1 is 0.264 bits per heavy atom. The lowest BCUT2D eigenvalue weighted by atomic mass is 9.89. The molecule has 0 N–H and O–H groups in total. The number of hydrogen-bond acceptors (Lipinski definition) is 3. The normalized spacial score (nSPS) is 11.0. The van der Waals surface area contributed by atoms with Crippen molar-refractivity contribution in [2.75, 3.05) is 4.90 Å². The molecule has 0 unspecified atom stereocenters. The van der Waals surface area contributed by atoms with Crippen LogP contribution in [0.1, 0.15) is 0 Å². The Hall–Kier alpha value is -7.10. The van der Waals surface area contributed by atoms with E-state index < -0.39 is 0 Å². The minimum absolute atomic E-state index is 0.843. The van der Waals surface area contributed by atoms with Gasteiger partial charge in [-0.3, -0.25) is 0 Å². The number of rotatable bonds is 8. The minimum atomic E-state index is 0.843. The maximum atomic E-state index is 5.46. The van der Waals surface area contributed by atoms with Gasteiger partial charge in [0.25, 0.3) is 0 Å². The molecule has 0 spiro atoms. The van der Waals surface area contributed by atoms with Gasteiger partial charge in [0.05, 0.1) is 22.4 Å². The van der Waals surface area contributed by atoms with Gasteiger partial charge in [-0.2, -0.15) is 0 Å². The molecule has 1 heterocycles. The van der Waals surface area contributed by atoms with Crippen LogP contribution in [-0.2, 0) is 0 Å². The zero-order chi connectivity index (χ0) is 35.4. The van der Waals surface area contributed by atoms with Crippen LogP contribution in [0.4, 0.5) is 17.1 Å². The molecule has 0 fully saturated rings. The Morgan fingerprint density at radius 3 is 1.13 bits per heavy atom. The zero-order valence-electron chi connectivity index (χ0n) is 29.0. The molecular weight excluding hydrogens is 643 g/mol. The molecule has 0 aliphatic rings. The summed E-state index contributed by atoms with van der Waals surface area (Å²) in [6.45, 7) is 0. The maximum absolute atomic E-state index is 5.46. The summed E-state index contributed by atoms with van der Waals surface area (Å²) in [5.74, 6) is 0. The van der Waals surface area contributed by atoms with Crippen molar-refractivity contribution >= 4 is 28.1 Å². The van der Waals surface area contributed by atoms with Gasteiger partial charge in [0.15, 0.2) is 0 Å². The highest BCUT2D eigenvalue weighted by Gasteiger charge is 2.19. The van der Waals surface area contributed by atoms with E-state index in [-0.39, 0.29) is 0 Å². The quantitative estimate of drug-likeness (QED) is 0.160. The van der Waals surface area contributed by atoms with Gasteiger partial charge in [0.1, 0.15) is 0 Å². The molecule has 8 aromatic carbocycles. The SMILES string of the molecule is c1ccc(-c2ccccc2-c2cc3nc(-c4ccc(N(c5ccccc5)c5ccccc5)cc4)c(-c4ccccc4)nc3cc2-c2ccccc2)cc1. The second kappa shape index (κ2) is 14.3. The molecule has 0 saturated heterocycles. The first-order valence-corrected chi connectivity index (χ1v) is 17.9. The number of benzene rings is 8. The third-order valence-corrected chi connectivity index (χ3v) is 9.67. The average Bonchev–Trinajstić information content (AvgIpc) is 3.25. The summed E-state index contributed by atoms with van der Waals surface area (Å²) in [6, 6.07) is 74.3. The standard InChI is InChI=1S/C50H35N3/c1-6-18-36(19-7-1)43-28-16-17-29-44(43)46-35-48-47(34-45(46)37-20-8-2-9-21-37)51-49(38-22-10-3-11-23-38)50(52-48)39-30-32-42(33-31-39)53(40-24-12-4-13-25-40)41-26-14-5-15-27-41/h1-35H. The van der Waals surface area contributed by atoms with Gasteiger partial charge in [0.2, 0.25) is 0 Å². The van der Waals surface area contributed by atoms with E-state index in [1.165, 1.54) is 11.1 Å². The van der Waals surface area contributed by atoms with Crippen LogP contribution in [0.2, 0.25) is 0 Å². The topological polar surface area (TPSA) is 29.0 Å². The number of hydrogen-bond donors (Lipinski definition) is 0. The van der Waals surface area contributed by atoms with E-state index in [0.29, 0.717) is 0 Å². The average molecular weight is 678 g/mol. The Morgan fingerprint density at radius 2 is 0.623 bits per heavy atom. The lowest BCUT2D eigenvalue weighted by Crippen LogP contribution is -2.09. The maximum Gasteiger partial charge on any atom is 0.0973 e. The molecule has 53 heavy (non-hydrogen) atoms. The summed E-state index contributed by atoms with van der Waals surface area (Å²) in [6.07, 6.45) is 0. The lowest BCUT2D eigenvalue weighted by Gasteiger charge is -2.25. The predicted molar refractivity (Wildman–Crippen MR) is 221 cm³/mol. The van der Waals surface area contributed by atoms with Gasteiger partial charge in [-0.25, -0.2) is 9.97 Å². The molecule has 3 heteroatoms. The lowest BCUT2D eigenvalue weighted by molar-refractivity contribution is 1.27. The van der Waals surface area contributed by atoms with Crippen LogP contribution < -0.4 is 4.90 Å². The smallest absolute Gasteiger partial charge is 0.0973 e. The minimum Gasteiger partial charge on any atom is -0.311 e. The summed E-state index contributed by atoms with van der Waals surface area (Å²) in [5.41, 5.74) is 15.6. The van der Waals surface area contributed by atoms with E-state index >= 15 is 0 Å². The number of fused-ring (bicyclic) bond motifs is 1. The Labute approximate surface area is 310 Å². The first-order valence-electron chi connectivity index (χ1n) is 17.9. The number of nitrogens with zero attached hydrogens (tertiary/aromatic N) is 3. The summed E-state index contributed by atoms with van der Waals surface area (Å²) in [5, 5.41) is 0. The van der Waals surface area contributed by atoms with Crippen molar-refractivity contribution in [2.45, 2.75) is 0 Å². The highest BCUT2D eigenvalue weighted by Crippen LogP contribution is 2.42. The van der Waals surface area contributed by atoms with E-state index in [1.807, 2.05) is 18.2 Å². The molecule has 250 valence electrons. The monoisotopic (exact) mass is 677 g/mol. The van der Waals surface area contributed by atoms with Gasteiger partial charge in [-0.05, 0) is 81.9 Å². The van der Waals surface area contributed by atoms with Crippen molar-refractivity contribution in [3.8, 4) is 55.9 Å². The first kappa shape index (κ1) is 31.9. The van der Waals surface area contributed by atoms with Crippen molar-refractivity contribution in [3.05, 3.63) is 212 Å². The van der Waals surface area contributed by atoms with Gasteiger partial charge in [-0.1, -0.05) is 164 Å². The summed E-state index contributed by atoms with van der Waals surface area (Å²) in [7, 11) is 0. The summed E-state index contributed by atoms with van der Waals surface area (Å²) in [4.78, 5) is 13.1. The largest absolute Gasteiger partial charge is 0.311 e. The molecule has 0 amide bonds. The molecule has 0 bridgehead atoms. The molecule has 0 atom stereocenters. The Kier molecular flexibility index (Phi) is 8.57. The van der Waals surface area contributed by atoms with Gasteiger partial charge >= 0.3 is 0 Å². The zero-order valence-corrected chi connectivity index (χ0v) is 29.0. The molecule has 9 aromatic rings. The number of anilines is 3. The fourth-order valence-corrected chi connectivity index (χ4v) is 7.14. The highest BCUT2D eigenvalue weighted by atomic mass is 15.1. The van der Waals surface area contributed by atoms with Crippen LogP contribution in [0.15, 0.2) is 212 Å². The van der Waals surface area contributed by atoms with E-state index in [2.05, 4.69) is 199 Å². The van der Waals surface area contributed by atoms with E-state index in [4.69, 9.17) is 9.97 Å². The van der Waals surface area contributed by atoms with Crippen molar-refractivity contribution in [1.29, 1.82) is 0 Å².